The quantitative estimate of drug-likeness (QED) is 0.680. The zero-order valence-electron chi connectivity index (χ0n) is 11.5. The molecule has 0 saturated heterocycles. The molecule has 6 heteroatoms. The average molecular weight is 288 g/mol. The molecule has 3 N–H and O–H groups in total. The second kappa shape index (κ2) is 9.09. The number of methoxy groups -OCH3 is 1. The SMILES string of the molecule is CCNC(CCOCCOC)c1cc(Cl)cnc1N. The van der Waals surface area contributed by atoms with E-state index in [4.69, 9.17) is 26.8 Å². The third-order valence-corrected chi connectivity index (χ3v) is 2.93. The molecular weight excluding hydrogens is 266 g/mol. The summed E-state index contributed by atoms with van der Waals surface area (Å²) in [4.78, 5) is 4.08. The lowest BCUT2D eigenvalue weighted by atomic mass is 10.1. The number of nitrogen functional groups attached to an aromatic ring is 1. The van der Waals surface area contributed by atoms with Crippen LogP contribution in [0, 0.1) is 0 Å². The van der Waals surface area contributed by atoms with Crippen LogP contribution in [0.25, 0.3) is 0 Å². The van der Waals surface area contributed by atoms with Gasteiger partial charge >= 0.3 is 0 Å². The van der Waals surface area contributed by atoms with Crippen LogP contribution in [-0.2, 0) is 9.47 Å². The van der Waals surface area contributed by atoms with Crippen LogP contribution in [0.4, 0.5) is 5.82 Å². The van der Waals surface area contributed by atoms with Crippen molar-refractivity contribution in [2.75, 3.05) is 39.2 Å². The van der Waals surface area contributed by atoms with Crippen molar-refractivity contribution >= 4 is 17.4 Å². The van der Waals surface area contributed by atoms with Gasteiger partial charge in [0.1, 0.15) is 5.82 Å². The van der Waals surface area contributed by atoms with Gasteiger partial charge in [0.2, 0.25) is 0 Å². The molecule has 0 fully saturated rings. The number of ether oxygens (including phenoxy) is 2. The molecule has 0 aliphatic rings. The highest BCUT2D eigenvalue weighted by Crippen LogP contribution is 2.24. The fourth-order valence-corrected chi connectivity index (χ4v) is 1.97. The molecule has 1 rings (SSSR count). The molecule has 0 saturated carbocycles. The zero-order valence-corrected chi connectivity index (χ0v) is 12.2. The van der Waals surface area contributed by atoms with E-state index in [0.717, 1.165) is 18.5 Å². The van der Waals surface area contributed by atoms with E-state index >= 15 is 0 Å². The van der Waals surface area contributed by atoms with Crippen molar-refractivity contribution in [1.29, 1.82) is 0 Å². The molecule has 1 aromatic heterocycles. The van der Waals surface area contributed by atoms with Crippen LogP contribution in [0.1, 0.15) is 24.9 Å². The van der Waals surface area contributed by atoms with Crippen molar-refractivity contribution in [2.45, 2.75) is 19.4 Å². The summed E-state index contributed by atoms with van der Waals surface area (Å²) in [5.74, 6) is 0.507. The normalized spacial score (nSPS) is 12.6. The standard InChI is InChI=1S/C13H22ClN3O2/c1-3-16-12(4-5-19-7-6-18-2)11-8-10(14)9-17-13(11)15/h8-9,12,16H,3-7H2,1-2H3,(H2,15,17). The van der Waals surface area contributed by atoms with Crippen molar-refractivity contribution in [3.05, 3.63) is 22.8 Å². The van der Waals surface area contributed by atoms with E-state index in [1.807, 2.05) is 13.0 Å². The predicted octanol–water partition coefficient (Wildman–Crippen LogP) is 2.02. The van der Waals surface area contributed by atoms with E-state index in [1.54, 1.807) is 13.3 Å². The molecule has 1 unspecified atom stereocenters. The minimum absolute atomic E-state index is 0.0961. The number of nitrogens with zero attached hydrogens (tertiary/aromatic N) is 1. The maximum atomic E-state index is 5.97. The van der Waals surface area contributed by atoms with Gasteiger partial charge in [0, 0.05) is 31.5 Å². The van der Waals surface area contributed by atoms with Crippen LogP contribution in [0.5, 0.6) is 0 Å². The Bertz CT molecular complexity index is 377. The first-order valence-corrected chi connectivity index (χ1v) is 6.77. The summed E-state index contributed by atoms with van der Waals surface area (Å²) >= 11 is 5.97. The molecule has 0 bridgehead atoms. The van der Waals surface area contributed by atoms with E-state index in [0.29, 0.717) is 30.7 Å². The minimum Gasteiger partial charge on any atom is -0.383 e. The van der Waals surface area contributed by atoms with Gasteiger partial charge < -0.3 is 20.5 Å². The summed E-state index contributed by atoms with van der Waals surface area (Å²) in [6.07, 6.45) is 2.36. The van der Waals surface area contributed by atoms with Crippen molar-refractivity contribution < 1.29 is 9.47 Å². The fraction of sp³-hybridized carbons (Fsp3) is 0.615. The summed E-state index contributed by atoms with van der Waals surface area (Å²) in [5, 5.41) is 3.96. The van der Waals surface area contributed by atoms with Gasteiger partial charge in [0.15, 0.2) is 0 Å². The van der Waals surface area contributed by atoms with Crippen LogP contribution in [0.3, 0.4) is 0 Å². The molecule has 108 valence electrons. The summed E-state index contributed by atoms with van der Waals surface area (Å²) in [5.41, 5.74) is 6.82. The lowest BCUT2D eigenvalue weighted by Gasteiger charge is -2.19. The van der Waals surface area contributed by atoms with E-state index in [2.05, 4.69) is 10.3 Å². The number of aromatic nitrogens is 1. The number of nitrogens with two attached hydrogens (primary N) is 1. The first-order chi connectivity index (χ1) is 9.19. The second-order valence-electron chi connectivity index (χ2n) is 4.13. The predicted molar refractivity (Wildman–Crippen MR) is 77.4 cm³/mol. The first-order valence-electron chi connectivity index (χ1n) is 6.40. The number of hydrogen-bond acceptors (Lipinski definition) is 5. The van der Waals surface area contributed by atoms with E-state index in [-0.39, 0.29) is 6.04 Å². The van der Waals surface area contributed by atoms with E-state index < -0.39 is 0 Å². The number of halogens is 1. The largest absolute Gasteiger partial charge is 0.383 e. The van der Waals surface area contributed by atoms with Gasteiger partial charge in [-0.1, -0.05) is 18.5 Å². The van der Waals surface area contributed by atoms with Gasteiger partial charge in [-0.15, -0.1) is 0 Å². The highest BCUT2D eigenvalue weighted by Gasteiger charge is 2.14. The van der Waals surface area contributed by atoms with Gasteiger partial charge in [-0.05, 0) is 19.0 Å². The summed E-state index contributed by atoms with van der Waals surface area (Å²) in [6, 6.07) is 1.95. The Morgan fingerprint density at radius 1 is 1.42 bits per heavy atom. The molecule has 0 aliphatic carbocycles. The fourth-order valence-electron chi connectivity index (χ4n) is 1.80. The van der Waals surface area contributed by atoms with Gasteiger partial charge in [-0.25, -0.2) is 4.98 Å². The topological polar surface area (TPSA) is 69.4 Å². The van der Waals surface area contributed by atoms with Crippen molar-refractivity contribution in [3.8, 4) is 0 Å². The molecule has 0 aliphatic heterocycles. The van der Waals surface area contributed by atoms with Gasteiger partial charge in [0.25, 0.3) is 0 Å². The van der Waals surface area contributed by atoms with Crippen LogP contribution in [0.2, 0.25) is 5.02 Å². The number of hydrogen-bond donors (Lipinski definition) is 2. The Kier molecular flexibility index (Phi) is 7.74. The Labute approximate surface area is 119 Å². The van der Waals surface area contributed by atoms with E-state index in [9.17, 15) is 0 Å². The van der Waals surface area contributed by atoms with Crippen molar-refractivity contribution in [3.63, 3.8) is 0 Å². The summed E-state index contributed by atoms with van der Waals surface area (Å²) in [6.45, 7) is 4.72. The van der Waals surface area contributed by atoms with Crippen LogP contribution in [-0.4, -0.2) is 38.5 Å². The lowest BCUT2D eigenvalue weighted by Crippen LogP contribution is -2.24. The highest BCUT2D eigenvalue weighted by molar-refractivity contribution is 6.30. The Morgan fingerprint density at radius 2 is 2.21 bits per heavy atom. The number of nitrogens with one attached hydrogen (secondary N) is 1. The molecule has 1 aromatic rings. The maximum absolute atomic E-state index is 5.97. The Hall–Kier alpha value is -0.880. The van der Waals surface area contributed by atoms with Gasteiger partial charge in [-0.3, -0.25) is 0 Å². The van der Waals surface area contributed by atoms with E-state index in [1.165, 1.54) is 0 Å². The zero-order chi connectivity index (χ0) is 14.1. The molecular formula is C13H22ClN3O2. The van der Waals surface area contributed by atoms with Crippen molar-refractivity contribution in [1.82, 2.24) is 10.3 Å². The van der Waals surface area contributed by atoms with Crippen molar-refractivity contribution in [2.24, 2.45) is 0 Å². The molecule has 0 spiro atoms. The minimum atomic E-state index is 0.0961. The molecule has 5 nitrogen and oxygen atoms in total. The average Bonchev–Trinajstić information content (AvgIpc) is 2.40. The third-order valence-electron chi connectivity index (χ3n) is 2.72. The summed E-state index contributed by atoms with van der Waals surface area (Å²) < 4.78 is 10.4. The molecule has 0 amide bonds. The number of anilines is 1. The number of rotatable bonds is 9. The second-order valence-corrected chi connectivity index (χ2v) is 4.57. The maximum Gasteiger partial charge on any atom is 0.128 e. The molecule has 0 aromatic carbocycles. The molecule has 1 atom stereocenters. The highest BCUT2D eigenvalue weighted by atomic mass is 35.5. The summed E-state index contributed by atoms with van der Waals surface area (Å²) in [7, 11) is 1.66. The van der Waals surface area contributed by atoms with Gasteiger partial charge in [0.05, 0.1) is 18.2 Å². The smallest absolute Gasteiger partial charge is 0.128 e. The molecule has 1 heterocycles. The lowest BCUT2D eigenvalue weighted by molar-refractivity contribution is 0.0658. The monoisotopic (exact) mass is 287 g/mol. The molecule has 19 heavy (non-hydrogen) atoms. The van der Waals surface area contributed by atoms with Crippen LogP contribution < -0.4 is 11.1 Å². The van der Waals surface area contributed by atoms with Crippen LogP contribution >= 0.6 is 11.6 Å². The Morgan fingerprint density at radius 3 is 2.89 bits per heavy atom. The number of pyridine rings is 1. The third kappa shape index (κ3) is 5.74. The molecule has 0 radical (unpaired) electrons. The van der Waals surface area contributed by atoms with Crippen LogP contribution in [0.15, 0.2) is 12.3 Å². The first kappa shape index (κ1) is 16.2. The van der Waals surface area contributed by atoms with Gasteiger partial charge in [-0.2, -0.15) is 0 Å². The Balaban J connectivity index is 2.58.